The van der Waals surface area contributed by atoms with E-state index < -0.39 is 10.8 Å². The first-order valence-corrected chi connectivity index (χ1v) is 7.00. The van der Waals surface area contributed by atoms with Gasteiger partial charge in [-0.15, -0.1) is 0 Å². The highest BCUT2D eigenvalue weighted by molar-refractivity contribution is 9.10. The Kier molecular flexibility index (Phi) is 6.73. The topological polar surface area (TPSA) is 52.6 Å². The number of unbranched alkanes of at least 4 members (excludes halogenated alkanes) is 1. The number of ether oxygens (including phenoxy) is 2. The van der Waals surface area contributed by atoms with Crippen LogP contribution in [0.2, 0.25) is 0 Å². The van der Waals surface area contributed by atoms with Crippen LogP contribution in [0.15, 0.2) is 0 Å². The number of hydrogen-bond acceptors (Lipinski definition) is 4. The molecule has 1 aliphatic heterocycles. The van der Waals surface area contributed by atoms with Crippen LogP contribution >= 0.6 is 15.9 Å². The molecule has 0 aromatic carbocycles. The molecular weight excluding hydrogens is 288 g/mol. The third kappa shape index (κ3) is 4.76. The van der Waals surface area contributed by atoms with E-state index in [1.165, 1.54) is 0 Å². The summed E-state index contributed by atoms with van der Waals surface area (Å²) in [7, 11) is 0. The minimum atomic E-state index is -0.817. The zero-order valence-corrected chi connectivity index (χ0v) is 11.7. The van der Waals surface area contributed by atoms with Crippen molar-refractivity contribution in [2.75, 3.05) is 19.8 Å². The number of esters is 1. The van der Waals surface area contributed by atoms with E-state index in [2.05, 4.69) is 15.9 Å². The Bertz CT molecular complexity index is 261. The maximum atomic E-state index is 12.0. The molecule has 1 fully saturated rings. The summed E-state index contributed by atoms with van der Waals surface area (Å²) in [5.74, 6) is -0.614. The van der Waals surface area contributed by atoms with Crippen LogP contribution in [-0.2, 0) is 19.1 Å². The Morgan fingerprint density at radius 1 is 1.41 bits per heavy atom. The third-order valence-electron chi connectivity index (χ3n) is 2.82. The highest BCUT2D eigenvalue weighted by Gasteiger charge is 2.32. The van der Waals surface area contributed by atoms with E-state index in [4.69, 9.17) is 9.47 Å². The maximum absolute atomic E-state index is 12.0. The predicted octanol–water partition coefficient (Wildman–Crippen LogP) is 2.09. The molecule has 0 bridgehead atoms. The summed E-state index contributed by atoms with van der Waals surface area (Å²) < 4.78 is 10.2. The van der Waals surface area contributed by atoms with Gasteiger partial charge in [0.1, 0.15) is 0 Å². The lowest BCUT2D eigenvalue weighted by atomic mass is 9.93. The fraction of sp³-hybridized carbons (Fsp3) is 0.833. The maximum Gasteiger partial charge on any atom is 0.327 e. The number of halogens is 1. The van der Waals surface area contributed by atoms with Crippen molar-refractivity contribution in [3.05, 3.63) is 0 Å². The number of carbonyl (C=O) groups is 2. The largest absolute Gasteiger partial charge is 0.465 e. The van der Waals surface area contributed by atoms with Crippen LogP contribution in [0.4, 0.5) is 0 Å². The standard InChI is InChI=1S/C12H19BrO4/c1-2-3-6-17-12(15)10(13)11(14)9-4-7-16-8-5-9/h9-10H,2-8H2,1H3. The molecule has 0 aliphatic carbocycles. The molecule has 0 radical (unpaired) electrons. The second kappa shape index (κ2) is 7.82. The minimum Gasteiger partial charge on any atom is -0.465 e. The molecular formula is C12H19BrO4. The van der Waals surface area contributed by atoms with Gasteiger partial charge >= 0.3 is 5.97 Å². The lowest BCUT2D eigenvalue weighted by Crippen LogP contribution is -2.34. The molecule has 17 heavy (non-hydrogen) atoms. The molecule has 0 aromatic rings. The molecule has 1 aliphatic rings. The van der Waals surface area contributed by atoms with Crippen LogP contribution in [0.3, 0.4) is 0 Å². The Balaban J connectivity index is 2.36. The van der Waals surface area contributed by atoms with E-state index >= 15 is 0 Å². The van der Waals surface area contributed by atoms with Crippen LogP contribution in [-0.4, -0.2) is 36.4 Å². The van der Waals surface area contributed by atoms with Gasteiger partial charge in [0.25, 0.3) is 0 Å². The van der Waals surface area contributed by atoms with Gasteiger partial charge in [0.05, 0.1) is 6.61 Å². The van der Waals surface area contributed by atoms with E-state index in [1.54, 1.807) is 0 Å². The Morgan fingerprint density at radius 2 is 2.06 bits per heavy atom. The number of ketones is 1. The third-order valence-corrected chi connectivity index (χ3v) is 3.65. The molecule has 0 spiro atoms. The van der Waals surface area contributed by atoms with Crippen molar-refractivity contribution in [3.8, 4) is 0 Å². The van der Waals surface area contributed by atoms with E-state index in [9.17, 15) is 9.59 Å². The average Bonchev–Trinajstić information content (AvgIpc) is 2.38. The molecule has 0 saturated carbocycles. The van der Waals surface area contributed by atoms with Gasteiger partial charge in [0, 0.05) is 19.1 Å². The van der Waals surface area contributed by atoms with E-state index in [0.29, 0.717) is 32.7 Å². The van der Waals surface area contributed by atoms with Gasteiger partial charge in [-0.1, -0.05) is 29.3 Å². The monoisotopic (exact) mass is 306 g/mol. The summed E-state index contributed by atoms with van der Waals surface area (Å²) in [6.45, 7) is 3.60. The molecule has 0 N–H and O–H groups in total. The highest BCUT2D eigenvalue weighted by atomic mass is 79.9. The number of hydrogen-bond donors (Lipinski definition) is 0. The van der Waals surface area contributed by atoms with Crippen molar-refractivity contribution in [1.29, 1.82) is 0 Å². The smallest absolute Gasteiger partial charge is 0.327 e. The molecule has 1 unspecified atom stereocenters. The van der Waals surface area contributed by atoms with Crippen LogP contribution in [0, 0.1) is 5.92 Å². The van der Waals surface area contributed by atoms with Crippen LogP contribution in [0.25, 0.3) is 0 Å². The summed E-state index contributed by atoms with van der Waals surface area (Å²) in [6.07, 6.45) is 3.19. The van der Waals surface area contributed by atoms with Crippen molar-refractivity contribution in [1.82, 2.24) is 0 Å². The minimum absolute atomic E-state index is 0.0743. The average molecular weight is 307 g/mol. The zero-order valence-electron chi connectivity index (χ0n) is 10.1. The van der Waals surface area contributed by atoms with Gasteiger partial charge in [0.2, 0.25) is 0 Å². The molecule has 4 nitrogen and oxygen atoms in total. The van der Waals surface area contributed by atoms with E-state index in [0.717, 1.165) is 12.8 Å². The van der Waals surface area contributed by atoms with Crippen molar-refractivity contribution in [2.24, 2.45) is 5.92 Å². The quantitative estimate of drug-likeness (QED) is 0.326. The second-order valence-corrected chi connectivity index (χ2v) is 5.09. The lowest BCUT2D eigenvalue weighted by Gasteiger charge is -2.22. The van der Waals surface area contributed by atoms with Gasteiger partial charge in [0.15, 0.2) is 10.6 Å². The first kappa shape index (κ1) is 14.6. The summed E-state index contributed by atoms with van der Waals surface area (Å²) in [5, 5.41) is 0. The van der Waals surface area contributed by atoms with E-state index in [-0.39, 0.29) is 11.7 Å². The van der Waals surface area contributed by atoms with Crippen molar-refractivity contribution >= 4 is 27.7 Å². The first-order chi connectivity index (χ1) is 8.16. The first-order valence-electron chi connectivity index (χ1n) is 6.09. The Hall–Kier alpha value is -0.420. The second-order valence-electron chi connectivity index (χ2n) is 4.17. The molecule has 1 saturated heterocycles. The summed E-state index contributed by atoms with van der Waals surface area (Å²) in [6, 6.07) is 0. The predicted molar refractivity (Wildman–Crippen MR) is 67.1 cm³/mol. The Labute approximate surface area is 110 Å². The van der Waals surface area contributed by atoms with Crippen LogP contribution < -0.4 is 0 Å². The van der Waals surface area contributed by atoms with Gasteiger partial charge in [-0.05, 0) is 19.3 Å². The highest BCUT2D eigenvalue weighted by Crippen LogP contribution is 2.20. The molecule has 98 valence electrons. The number of rotatable bonds is 6. The van der Waals surface area contributed by atoms with Crippen molar-refractivity contribution in [3.63, 3.8) is 0 Å². The summed E-state index contributed by atoms with van der Waals surface area (Å²) >= 11 is 3.13. The van der Waals surface area contributed by atoms with E-state index in [1.807, 2.05) is 6.92 Å². The number of Topliss-reactive ketones (excluding diaryl/α,β-unsaturated/α-hetero) is 1. The van der Waals surface area contributed by atoms with Gasteiger partial charge in [-0.3, -0.25) is 9.59 Å². The lowest BCUT2D eigenvalue weighted by molar-refractivity contribution is -0.146. The van der Waals surface area contributed by atoms with Crippen LogP contribution in [0.1, 0.15) is 32.6 Å². The van der Waals surface area contributed by atoms with Crippen LogP contribution in [0.5, 0.6) is 0 Å². The van der Waals surface area contributed by atoms with Crippen molar-refractivity contribution in [2.45, 2.75) is 37.4 Å². The molecule has 5 heteroatoms. The summed E-state index contributed by atoms with van der Waals surface area (Å²) in [5.41, 5.74) is 0. The van der Waals surface area contributed by atoms with Gasteiger partial charge in [-0.25, -0.2) is 0 Å². The van der Waals surface area contributed by atoms with Crippen molar-refractivity contribution < 1.29 is 19.1 Å². The Morgan fingerprint density at radius 3 is 2.65 bits per heavy atom. The molecule has 0 amide bonds. The number of alkyl halides is 1. The normalized spacial score (nSPS) is 18.7. The molecule has 1 atom stereocenters. The molecule has 1 heterocycles. The fourth-order valence-corrected chi connectivity index (χ4v) is 2.20. The fourth-order valence-electron chi connectivity index (χ4n) is 1.70. The molecule has 1 rings (SSSR count). The number of carbonyl (C=O) groups excluding carboxylic acids is 2. The summed E-state index contributed by atoms with van der Waals surface area (Å²) in [4.78, 5) is 22.7. The SMILES string of the molecule is CCCCOC(=O)C(Br)C(=O)C1CCOCC1. The van der Waals surface area contributed by atoms with Gasteiger partial charge < -0.3 is 9.47 Å². The van der Waals surface area contributed by atoms with Gasteiger partial charge in [-0.2, -0.15) is 0 Å². The molecule has 0 aromatic heterocycles. The zero-order chi connectivity index (χ0) is 12.7.